The number of hydrogen-bond acceptors (Lipinski definition) is 4. The highest BCUT2D eigenvalue weighted by Crippen LogP contribution is 2.53. The van der Waals surface area contributed by atoms with Gasteiger partial charge in [-0.3, -0.25) is 14.7 Å². The Kier molecular flexibility index (Phi) is 5.86. The van der Waals surface area contributed by atoms with Crippen molar-refractivity contribution in [2.24, 2.45) is 23.7 Å². The van der Waals surface area contributed by atoms with Crippen molar-refractivity contribution in [3.8, 4) is 11.1 Å². The molecule has 2 fully saturated rings. The zero-order valence-corrected chi connectivity index (χ0v) is 19.6. The quantitative estimate of drug-likeness (QED) is 0.284. The Morgan fingerprint density at radius 3 is 2.12 bits per heavy atom. The van der Waals surface area contributed by atoms with Crippen LogP contribution in [0.2, 0.25) is 0 Å². The lowest BCUT2D eigenvalue weighted by atomic mass is 9.82. The Balaban J connectivity index is 1.37. The number of aryl methyl sites for hydroxylation is 2. The average Bonchev–Trinajstić information content (AvgIpc) is 3.74. The van der Waals surface area contributed by atoms with E-state index >= 15 is 0 Å². The van der Waals surface area contributed by atoms with Crippen LogP contribution < -0.4 is 16.4 Å². The summed E-state index contributed by atoms with van der Waals surface area (Å²) < 4.78 is 0. The van der Waals surface area contributed by atoms with E-state index in [9.17, 15) is 9.59 Å². The minimum atomic E-state index is -0.752. The Morgan fingerprint density at radius 2 is 1.56 bits per heavy atom. The molecule has 2 amide bonds. The van der Waals surface area contributed by atoms with E-state index in [1.165, 1.54) is 0 Å². The molecular formula is C27H31N5O2. The maximum Gasteiger partial charge on any atom is 0.237 e. The predicted molar refractivity (Wildman–Crippen MR) is 134 cm³/mol. The molecule has 5 rings (SSSR count). The van der Waals surface area contributed by atoms with E-state index in [2.05, 4.69) is 20.8 Å². The third-order valence-electron chi connectivity index (χ3n) is 7.07. The van der Waals surface area contributed by atoms with Gasteiger partial charge in [-0.25, -0.2) is 0 Å². The molecule has 7 heteroatoms. The van der Waals surface area contributed by atoms with Crippen molar-refractivity contribution in [3.05, 3.63) is 59.9 Å². The van der Waals surface area contributed by atoms with Crippen LogP contribution in [0.1, 0.15) is 37.1 Å². The topological polar surface area (TPSA) is 113 Å². The molecule has 1 atom stereocenters. The molecule has 7 nitrogen and oxygen atoms in total. The van der Waals surface area contributed by atoms with E-state index in [1.807, 2.05) is 50.2 Å². The van der Waals surface area contributed by atoms with Gasteiger partial charge in [-0.2, -0.15) is 5.10 Å². The number of aromatic amines is 1. The van der Waals surface area contributed by atoms with Crippen LogP contribution in [-0.4, -0.2) is 22.0 Å². The first-order valence-electron chi connectivity index (χ1n) is 12.0. The molecule has 2 aliphatic carbocycles. The Morgan fingerprint density at radius 1 is 0.941 bits per heavy atom. The van der Waals surface area contributed by atoms with Gasteiger partial charge in [-0.15, -0.1) is 0 Å². The number of para-hydroxylation sites is 2. The fourth-order valence-electron chi connectivity index (χ4n) is 5.10. The lowest BCUT2D eigenvalue weighted by Gasteiger charge is -2.26. The Bertz CT molecular complexity index is 1180. The highest BCUT2D eigenvalue weighted by Gasteiger charge is 2.50. The lowest BCUT2D eigenvalue weighted by Crippen LogP contribution is -2.41. The number of nitrogens with two attached hydrogens (primary N) is 1. The fraction of sp³-hybridized carbons (Fsp3) is 0.370. The fourth-order valence-corrected chi connectivity index (χ4v) is 5.10. The van der Waals surface area contributed by atoms with Gasteiger partial charge in [0.15, 0.2) is 0 Å². The smallest absolute Gasteiger partial charge is 0.237 e. The Labute approximate surface area is 199 Å². The van der Waals surface area contributed by atoms with Gasteiger partial charge in [0.2, 0.25) is 11.8 Å². The highest BCUT2D eigenvalue weighted by molar-refractivity contribution is 6.11. The lowest BCUT2D eigenvalue weighted by molar-refractivity contribution is -0.132. The molecule has 0 aliphatic heterocycles. The number of carbonyl (C=O) groups is 2. The number of aromatic nitrogens is 2. The molecule has 1 unspecified atom stereocenters. The number of amides is 2. The van der Waals surface area contributed by atoms with Gasteiger partial charge in [-0.1, -0.05) is 24.3 Å². The number of carbonyl (C=O) groups excluding carboxylic acids is 2. The SMILES string of the molecule is Cc1n[nH]c(C)c1-c1ccc(NC(=O)C(C(=O)Nc2ccccc2N)C(C2CC2)C2CC2)cc1. The number of rotatable bonds is 8. The molecule has 5 N–H and O–H groups in total. The third-order valence-corrected chi connectivity index (χ3v) is 7.07. The number of nitrogens with zero attached hydrogens (tertiary/aromatic N) is 1. The second-order valence-electron chi connectivity index (χ2n) is 9.68. The minimum absolute atomic E-state index is 0.0699. The summed E-state index contributed by atoms with van der Waals surface area (Å²) in [6.45, 7) is 3.96. The van der Waals surface area contributed by atoms with E-state index in [0.717, 1.165) is 48.2 Å². The van der Waals surface area contributed by atoms with E-state index in [4.69, 9.17) is 5.73 Å². The first-order chi connectivity index (χ1) is 16.4. The van der Waals surface area contributed by atoms with Gasteiger partial charge in [0.25, 0.3) is 0 Å². The maximum absolute atomic E-state index is 13.5. The van der Waals surface area contributed by atoms with Crippen molar-refractivity contribution in [1.29, 1.82) is 0 Å². The van der Waals surface area contributed by atoms with Crippen LogP contribution in [0.4, 0.5) is 17.1 Å². The van der Waals surface area contributed by atoms with Crippen molar-refractivity contribution in [2.75, 3.05) is 16.4 Å². The first kappa shape index (κ1) is 22.2. The van der Waals surface area contributed by atoms with E-state index in [-0.39, 0.29) is 17.7 Å². The number of anilines is 3. The Hall–Kier alpha value is -3.61. The highest BCUT2D eigenvalue weighted by atomic mass is 16.2. The summed E-state index contributed by atoms with van der Waals surface area (Å²) in [5.74, 6) is -0.328. The predicted octanol–water partition coefficient (Wildman–Crippen LogP) is 4.91. The second kappa shape index (κ2) is 8.97. The summed E-state index contributed by atoms with van der Waals surface area (Å²) in [6.07, 6.45) is 4.35. The summed E-state index contributed by atoms with van der Waals surface area (Å²) in [7, 11) is 0. The molecule has 0 spiro atoms. The normalized spacial score (nSPS) is 16.3. The average molecular weight is 458 g/mol. The molecule has 2 aliphatic rings. The second-order valence-corrected chi connectivity index (χ2v) is 9.68. The van der Waals surface area contributed by atoms with Gasteiger partial charge in [-0.05, 0) is 87.1 Å². The number of hydrogen-bond donors (Lipinski definition) is 4. The van der Waals surface area contributed by atoms with Crippen molar-refractivity contribution < 1.29 is 9.59 Å². The van der Waals surface area contributed by atoms with E-state index in [0.29, 0.717) is 28.9 Å². The molecule has 1 heterocycles. The third kappa shape index (κ3) is 4.55. The summed E-state index contributed by atoms with van der Waals surface area (Å²) in [5, 5.41) is 13.2. The van der Waals surface area contributed by atoms with Crippen LogP contribution in [0.5, 0.6) is 0 Å². The number of H-pyrrole nitrogens is 1. The van der Waals surface area contributed by atoms with Crippen LogP contribution in [0.25, 0.3) is 11.1 Å². The summed E-state index contributed by atoms with van der Waals surface area (Å²) in [4.78, 5) is 27.0. The van der Waals surface area contributed by atoms with Crippen molar-refractivity contribution in [3.63, 3.8) is 0 Å². The minimum Gasteiger partial charge on any atom is -0.397 e. The van der Waals surface area contributed by atoms with Gasteiger partial charge < -0.3 is 16.4 Å². The van der Waals surface area contributed by atoms with Gasteiger partial charge in [0.1, 0.15) is 5.92 Å². The van der Waals surface area contributed by atoms with Gasteiger partial charge in [0.05, 0.1) is 17.1 Å². The van der Waals surface area contributed by atoms with Gasteiger partial charge in [0, 0.05) is 16.9 Å². The maximum atomic E-state index is 13.5. The zero-order valence-electron chi connectivity index (χ0n) is 19.6. The standard InChI is InChI=1S/C27H31N5O2/c1-15-23(16(2)32-31-15)17-11-13-20(14-12-17)29-26(33)25(24(18-7-8-18)19-9-10-19)27(34)30-22-6-4-3-5-21(22)28/h3-6,11-14,18-19,24-25H,7-10,28H2,1-2H3,(H,29,33)(H,30,34)(H,31,32). The first-order valence-corrected chi connectivity index (χ1v) is 12.0. The molecule has 34 heavy (non-hydrogen) atoms. The molecule has 176 valence electrons. The van der Waals surface area contributed by atoms with Crippen LogP contribution in [0, 0.1) is 37.5 Å². The van der Waals surface area contributed by atoms with E-state index < -0.39 is 5.92 Å². The monoisotopic (exact) mass is 457 g/mol. The molecule has 0 bridgehead atoms. The van der Waals surface area contributed by atoms with Crippen LogP contribution in [-0.2, 0) is 9.59 Å². The molecule has 2 saturated carbocycles. The molecule has 0 radical (unpaired) electrons. The largest absolute Gasteiger partial charge is 0.397 e. The molecule has 2 aromatic carbocycles. The van der Waals surface area contributed by atoms with Crippen molar-refractivity contribution in [1.82, 2.24) is 10.2 Å². The molecule has 0 saturated heterocycles. The van der Waals surface area contributed by atoms with Crippen molar-refractivity contribution in [2.45, 2.75) is 39.5 Å². The number of nitrogen functional groups attached to an aromatic ring is 1. The van der Waals surface area contributed by atoms with Gasteiger partial charge >= 0.3 is 0 Å². The summed E-state index contributed by atoms with van der Waals surface area (Å²) >= 11 is 0. The van der Waals surface area contributed by atoms with Crippen LogP contribution in [0.3, 0.4) is 0 Å². The summed E-state index contributed by atoms with van der Waals surface area (Å²) in [5.41, 5.74) is 11.8. The molecule has 3 aromatic rings. The van der Waals surface area contributed by atoms with Crippen LogP contribution in [0.15, 0.2) is 48.5 Å². The van der Waals surface area contributed by atoms with Crippen LogP contribution >= 0.6 is 0 Å². The summed E-state index contributed by atoms with van der Waals surface area (Å²) in [6, 6.07) is 14.9. The number of nitrogens with one attached hydrogen (secondary N) is 3. The molecule has 1 aromatic heterocycles. The van der Waals surface area contributed by atoms with E-state index in [1.54, 1.807) is 12.1 Å². The zero-order chi connectivity index (χ0) is 23.8. The van der Waals surface area contributed by atoms with Crippen molar-refractivity contribution >= 4 is 28.9 Å². The molecular weight excluding hydrogens is 426 g/mol. The number of benzene rings is 2.